The Kier molecular flexibility index (Phi) is 3.22. The second kappa shape index (κ2) is 4.02. The van der Waals surface area contributed by atoms with Crippen LogP contribution in [0.15, 0.2) is 22.7 Å². The van der Waals surface area contributed by atoms with Gasteiger partial charge in [0.1, 0.15) is 11.9 Å². The topological polar surface area (TPSA) is 40.5 Å². The highest BCUT2D eigenvalue weighted by atomic mass is 79.9. The molecule has 0 radical (unpaired) electrons. The van der Waals surface area contributed by atoms with Gasteiger partial charge < -0.3 is 10.2 Å². The Balaban J connectivity index is 3.05. The second-order valence-corrected chi connectivity index (χ2v) is 3.40. The first-order valence-electron chi connectivity index (χ1n) is 3.47. The Hall–Kier alpha value is -0.680. The minimum absolute atomic E-state index is 0.177. The van der Waals surface area contributed by atoms with Crippen LogP contribution in [0.5, 0.6) is 5.75 Å². The van der Waals surface area contributed by atoms with Crippen LogP contribution in [-0.4, -0.2) is 16.6 Å². The van der Waals surface area contributed by atoms with E-state index < -0.39 is 12.5 Å². The number of hydrogen-bond donors (Lipinski definition) is 2. The molecule has 0 bridgehead atoms. The first-order chi connectivity index (χ1) is 6.02. The Morgan fingerprint density at radius 1 is 1.31 bits per heavy atom. The predicted octanol–water partition coefficient (Wildman–Crippen LogP) is 2.45. The first-order valence-corrected chi connectivity index (χ1v) is 4.26. The predicted molar refractivity (Wildman–Crippen MR) is 46.8 cm³/mol. The lowest BCUT2D eigenvalue weighted by molar-refractivity contribution is -0.00701. The summed E-state index contributed by atoms with van der Waals surface area (Å²) in [5, 5.41) is 18.1. The van der Waals surface area contributed by atoms with Crippen molar-refractivity contribution in [1.82, 2.24) is 0 Å². The molecule has 1 rings (SSSR count). The number of halogens is 3. The summed E-state index contributed by atoms with van der Waals surface area (Å²) in [5.41, 5.74) is -0.177. The fraction of sp³-hybridized carbons (Fsp3) is 0.250. The van der Waals surface area contributed by atoms with Crippen molar-refractivity contribution < 1.29 is 19.0 Å². The van der Waals surface area contributed by atoms with Gasteiger partial charge in [-0.2, -0.15) is 0 Å². The van der Waals surface area contributed by atoms with Crippen LogP contribution in [0.1, 0.15) is 11.7 Å². The van der Waals surface area contributed by atoms with Gasteiger partial charge in [-0.05, 0) is 18.2 Å². The van der Waals surface area contributed by atoms with Crippen molar-refractivity contribution >= 4 is 15.9 Å². The number of alkyl halides is 2. The van der Waals surface area contributed by atoms with Crippen LogP contribution in [0.25, 0.3) is 0 Å². The summed E-state index contributed by atoms with van der Waals surface area (Å²) >= 11 is 3.05. The van der Waals surface area contributed by atoms with E-state index in [1.165, 1.54) is 18.2 Å². The Bertz CT molecular complexity index is 304. The van der Waals surface area contributed by atoms with Crippen molar-refractivity contribution in [3.05, 3.63) is 28.2 Å². The summed E-state index contributed by atoms with van der Waals surface area (Å²) in [6.07, 6.45) is -4.85. The number of aromatic hydroxyl groups is 1. The smallest absolute Gasteiger partial charge is 0.268 e. The van der Waals surface area contributed by atoms with Crippen molar-refractivity contribution in [2.45, 2.75) is 12.5 Å². The Morgan fingerprint density at radius 3 is 2.46 bits per heavy atom. The number of benzene rings is 1. The van der Waals surface area contributed by atoms with Gasteiger partial charge in [0.25, 0.3) is 6.43 Å². The molecule has 0 aliphatic heterocycles. The molecule has 0 amide bonds. The summed E-state index contributed by atoms with van der Waals surface area (Å²) in [7, 11) is 0. The van der Waals surface area contributed by atoms with E-state index in [-0.39, 0.29) is 11.3 Å². The normalized spacial score (nSPS) is 13.3. The summed E-state index contributed by atoms with van der Waals surface area (Å²) in [6, 6.07) is 3.99. The number of aliphatic hydroxyl groups excluding tert-OH is 1. The lowest BCUT2D eigenvalue weighted by Crippen LogP contribution is -2.08. The molecule has 72 valence electrons. The van der Waals surface area contributed by atoms with Crippen LogP contribution in [0.4, 0.5) is 8.78 Å². The third-order valence-corrected chi connectivity index (χ3v) is 2.04. The molecule has 2 N–H and O–H groups in total. The molecule has 5 heteroatoms. The molecule has 1 aromatic carbocycles. The molecule has 1 aromatic rings. The first kappa shape index (κ1) is 10.4. The maximum Gasteiger partial charge on any atom is 0.268 e. The SMILES string of the molecule is Oc1ccc(Br)cc1C(O)C(F)F. The van der Waals surface area contributed by atoms with E-state index in [2.05, 4.69) is 15.9 Å². The van der Waals surface area contributed by atoms with Crippen LogP contribution in [0, 0.1) is 0 Å². The van der Waals surface area contributed by atoms with E-state index in [1.807, 2.05) is 0 Å². The van der Waals surface area contributed by atoms with Crippen LogP contribution in [0.2, 0.25) is 0 Å². The molecule has 0 saturated heterocycles. The van der Waals surface area contributed by atoms with Gasteiger partial charge in [0, 0.05) is 10.0 Å². The minimum Gasteiger partial charge on any atom is -0.508 e. The fourth-order valence-corrected chi connectivity index (χ4v) is 1.28. The molecule has 2 nitrogen and oxygen atoms in total. The van der Waals surface area contributed by atoms with E-state index in [9.17, 15) is 8.78 Å². The standard InChI is InChI=1S/C8H7BrF2O2/c9-4-1-2-6(12)5(3-4)7(13)8(10)11/h1-3,7-8,12-13H. The molecule has 0 spiro atoms. The molecule has 0 aliphatic carbocycles. The lowest BCUT2D eigenvalue weighted by atomic mass is 10.1. The average Bonchev–Trinajstić information content (AvgIpc) is 2.08. The number of phenolic OH excluding ortho intramolecular Hbond substituents is 1. The van der Waals surface area contributed by atoms with Gasteiger partial charge in [-0.3, -0.25) is 0 Å². The molecule has 13 heavy (non-hydrogen) atoms. The summed E-state index contributed by atoms with van der Waals surface area (Å²) in [5.74, 6) is -0.337. The maximum absolute atomic E-state index is 12.0. The van der Waals surface area contributed by atoms with Gasteiger partial charge in [-0.1, -0.05) is 15.9 Å². The van der Waals surface area contributed by atoms with Gasteiger partial charge in [-0.15, -0.1) is 0 Å². The number of hydrogen-bond acceptors (Lipinski definition) is 2. The average molecular weight is 253 g/mol. The molecule has 0 saturated carbocycles. The zero-order valence-corrected chi connectivity index (χ0v) is 8.00. The number of aliphatic hydroxyl groups is 1. The van der Waals surface area contributed by atoms with Crippen molar-refractivity contribution in [2.75, 3.05) is 0 Å². The van der Waals surface area contributed by atoms with Gasteiger partial charge in [0.15, 0.2) is 0 Å². The van der Waals surface area contributed by atoms with Gasteiger partial charge in [0.05, 0.1) is 0 Å². The van der Waals surface area contributed by atoms with E-state index in [1.54, 1.807) is 0 Å². The minimum atomic E-state index is -2.90. The molecule has 0 heterocycles. The van der Waals surface area contributed by atoms with Crippen LogP contribution in [-0.2, 0) is 0 Å². The highest BCUT2D eigenvalue weighted by Crippen LogP contribution is 2.30. The van der Waals surface area contributed by atoms with Gasteiger partial charge in [0.2, 0.25) is 0 Å². The second-order valence-electron chi connectivity index (χ2n) is 2.48. The molecule has 0 aromatic heterocycles. The molecular weight excluding hydrogens is 246 g/mol. The number of phenols is 1. The van der Waals surface area contributed by atoms with E-state index in [4.69, 9.17) is 10.2 Å². The van der Waals surface area contributed by atoms with E-state index >= 15 is 0 Å². The quantitative estimate of drug-likeness (QED) is 0.849. The van der Waals surface area contributed by atoms with Gasteiger partial charge >= 0.3 is 0 Å². The third-order valence-electron chi connectivity index (χ3n) is 1.55. The van der Waals surface area contributed by atoms with Crippen molar-refractivity contribution in [3.8, 4) is 5.75 Å². The highest BCUT2D eigenvalue weighted by molar-refractivity contribution is 9.10. The lowest BCUT2D eigenvalue weighted by Gasteiger charge is -2.11. The summed E-state index contributed by atoms with van der Waals surface area (Å²) in [4.78, 5) is 0. The van der Waals surface area contributed by atoms with Gasteiger partial charge in [-0.25, -0.2) is 8.78 Å². The molecule has 1 unspecified atom stereocenters. The fourth-order valence-electron chi connectivity index (χ4n) is 0.898. The zero-order valence-electron chi connectivity index (χ0n) is 6.42. The Labute approximate surface area is 81.9 Å². The van der Waals surface area contributed by atoms with Crippen LogP contribution in [0.3, 0.4) is 0 Å². The summed E-state index contributed by atoms with van der Waals surface area (Å²) in [6.45, 7) is 0. The van der Waals surface area contributed by atoms with Crippen molar-refractivity contribution in [2.24, 2.45) is 0 Å². The monoisotopic (exact) mass is 252 g/mol. The molecule has 0 fully saturated rings. The van der Waals surface area contributed by atoms with Crippen LogP contribution >= 0.6 is 15.9 Å². The Morgan fingerprint density at radius 2 is 1.92 bits per heavy atom. The van der Waals surface area contributed by atoms with E-state index in [0.29, 0.717) is 4.47 Å². The zero-order chi connectivity index (χ0) is 10.0. The highest BCUT2D eigenvalue weighted by Gasteiger charge is 2.22. The molecule has 0 aliphatic rings. The van der Waals surface area contributed by atoms with Crippen molar-refractivity contribution in [3.63, 3.8) is 0 Å². The summed E-state index contributed by atoms with van der Waals surface area (Å²) < 4.78 is 24.6. The third kappa shape index (κ3) is 2.38. The van der Waals surface area contributed by atoms with E-state index in [0.717, 1.165) is 0 Å². The van der Waals surface area contributed by atoms with Crippen LogP contribution < -0.4 is 0 Å². The largest absolute Gasteiger partial charge is 0.508 e. The molecule has 1 atom stereocenters. The number of rotatable bonds is 2. The maximum atomic E-state index is 12.0. The molecular formula is C8H7BrF2O2. The van der Waals surface area contributed by atoms with Crippen molar-refractivity contribution in [1.29, 1.82) is 0 Å².